The molecular formula is C23H17F7N2NiO6-2. The Kier molecular flexibility index (Phi) is 11.2. The van der Waals surface area contributed by atoms with Crippen LogP contribution in [0.5, 0.6) is 23.0 Å². The summed E-state index contributed by atoms with van der Waals surface area (Å²) in [5, 5.41) is 2.11. The number of carbonyl (C=O) groups is 2. The molecule has 0 aliphatic carbocycles. The molecule has 0 saturated carbocycles. The van der Waals surface area contributed by atoms with Crippen LogP contribution >= 0.6 is 0 Å². The number of halogens is 7. The zero-order valence-electron chi connectivity index (χ0n) is 19.6. The standard InChI is InChI=1S/C23H16F7N2O5.Ni.H2O/c1-11(2)14(6-9-18(31)33)32-21(34)19-16(8-5-13(20(19)24)22(25,26)27)36-15-7-4-12(10-17(15)35-3)37-23(28,29)30;;/h1,4-8,10H,2-3H3,(H2,31,33)(H,32,34);;1H2/q-1;;/p-1/b14-11-;;. The number of allylic oxidation sites excluding steroid dienone is 2. The first-order chi connectivity index (χ1) is 17.6. The zero-order valence-corrected chi connectivity index (χ0v) is 20.6. The van der Waals surface area contributed by atoms with Crippen LogP contribution in [0.1, 0.15) is 22.8 Å². The summed E-state index contributed by atoms with van der Waals surface area (Å²) in [6, 6.07) is 3.36. The largest absolute Gasteiger partial charge is 0.870 e. The molecule has 2 aromatic rings. The molecule has 16 heteroatoms. The average molecular weight is 609 g/mol. The summed E-state index contributed by atoms with van der Waals surface area (Å²) >= 11 is 4.42. The van der Waals surface area contributed by atoms with Gasteiger partial charge < -0.3 is 10.2 Å². The molecule has 0 aliphatic heterocycles. The van der Waals surface area contributed by atoms with Gasteiger partial charge in [0.2, 0.25) is 0 Å². The van der Waals surface area contributed by atoms with Crippen LogP contribution in [0.4, 0.5) is 30.7 Å². The van der Waals surface area contributed by atoms with Gasteiger partial charge in [0.25, 0.3) is 0 Å². The molecule has 0 radical (unpaired) electrons. The molecule has 0 aliphatic rings. The van der Waals surface area contributed by atoms with E-state index in [0.717, 1.165) is 36.4 Å². The molecule has 8 nitrogen and oxygen atoms in total. The number of rotatable bonds is 9. The molecule has 0 heterocycles. The van der Waals surface area contributed by atoms with Gasteiger partial charge in [-0.1, -0.05) is 0 Å². The first-order valence-electron chi connectivity index (χ1n) is 9.90. The average Bonchev–Trinajstić information content (AvgIpc) is 2.80. The molecule has 2 aromatic carbocycles. The van der Waals surface area contributed by atoms with Crippen molar-refractivity contribution in [3.63, 3.8) is 0 Å². The third-order valence-corrected chi connectivity index (χ3v) is 4.82. The number of carbonyl (C=O) groups excluding carboxylic acids is 2. The molecule has 2 amide bonds. The van der Waals surface area contributed by atoms with Gasteiger partial charge in [0.05, 0.1) is 0 Å². The monoisotopic (exact) mass is 608 g/mol. The maximum absolute atomic E-state index is 15.1. The van der Waals surface area contributed by atoms with E-state index in [4.69, 9.17) is 15.2 Å². The summed E-state index contributed by atoms with van der Waals surface area (Å²) in [5.74, 6) is -6.81. The first-order valence-corrected chi connectivity index (χ1v) is 10.5. The number of amides is 2. The van der Waals surface area contributed by atoms with Gasteiger partial charge in [0, 0.05) is 0 Å². The number of hydrogen-bond acceptors (Lipinski definition) is 6. The van der Waals surface area contributed by atoms with Gasteiger partial charge in [0.15, 0.2) is 0 Å². The molecule has 0 saturated heterocycles. The predicted octanol–water partition coefficient (Wildman–Crippen LogP) is 4.56. The third kappa shape index (κ3) is 9.11. The van der Waals surface area contributed by atoms with E-state index < -0.39 is 64.3 Å². The Morgan fingerprint density at radius 2 is 1.67 bits per heavy atom. The topological polar surface area (TPSA) is 130 Å². The van der Waals surface area contributed by atoms with E-state index in [2.05, 4.69) is 25.1 Å². The van der Waals surface area contributed by atoms with Crippen LogP contribution in [0.2, 0.25) is 0 Å². The summed E-state index contributed by atoms with van der Waals surface area (Å²) in [7, 11) is 1.04. The molecule has 0 atom stereocenters. The van der Waals surface area contributed by atoms with Crippen molar-refractivity contribution in [3.05, 3.63) is 70.7 Å². The SMILES string of the molecule is COc1cc(OC(F)(F)F)ccc1Oc1ccc(C(F)(F)F)c(F)c1C(=O)N/C(C=[C-]C(N)=O)=C(\C)[CH]=[Ni].[OH-]. The van der Waals surface area contributed by atoms with Crippen molar-refractivity contribution in [1.82, 2.24) is 5.32 Å². The minimum atomic E-state index is -5.21. The smallest absolute Gasteiger partial charge is 0.870 e. The van der Waals surface area contributed by atoms with Crippen LogP contribution in [0.3, 0.4) is 0 Å². The molecular weight excluding hydrogens is 592 g/mol. The van der Waals surface area contributed by atoms with Crippen LogP contribution in [0, 0.1) is 11.9 Å². The maximum Gasteiger partial charge on any atom is -0.870 e. The van der Waals surface area contributed by atoms with Crippen LogP contribution < -0.4 is 25.3 Å². The molecule has 0 bridgehead atoms. The second kappa shape index (κ2) is 13.2. The maximum atomic E-state index is 15.1. The minimum absolute atomic E-state index is 0. The van der Waals surface area contributed by atoms with E-state index in [1.807, 2.05) is 6.08 Å². The van der Waals surface area contributed by atoms with Crippen molar-refractivity contribution in [2.24, 2.45) is 5.73 Å². The number of ether oxygens (including phenoxy) is 3. The van der Waals surface area contributed by atoms with E-state index in [1.54, 1.807) is 0 Å². The molecule has 39 heavy (non-hydrogen) atoms. The summed E-state index contributed by atoms with van der Waals surface area (Å²) in [5.41, 5.74) is 1.82. The first kappa shape index (κ1) is 33.1. The van der Waals surface area contributed by atoms with Gasteiger partial charge in [0.1, 0.15) is 0 Å². The van der Waals surface area contributed by atoms with Crippen molar-refractivity contribution in [2.45, 2.75) is 19.5 Å². The number of primary amides is 1. The Hall–Kier alpha value is -3.91. The summed E-state index contributed by atoms with van der Waals surface area (Å²) < 4.78 is 107. The fraction of sp³-hybridized carbons (Fsp3) is 0.174. The normalized spacial score (nSPS) is 12.3. The molecule has 0 unspecified atom stereocenters. The van der Waals surface area contributed by atoms with Gasteiger partial charge in [-0.3, -0.25) is 0 Å². The fourth-order valence-corrected chi connectivity index (χ4v) is 2.90. The number of nitrogens with two attached hydrogens (primary N) is 1. The van der Waals surface area contributed by atoms with Crippen LogP contribution in [-0.2, 0) is 26.0 Å². The van der Waals surface area contributed by atoms with E-state index in [0.29, 0.717) is 12.1 Å². The van der Waals surface area contributed by atoms with Crippen molar-refractivity contribution < 1.29 is 75.0 Å². The van der Waals surface area contributed by atoms with Crippen molar-refractivity contribution in [1.29, 1.82) is 0 Å². The van der Waals surface area contributed by atoms with E-state index in [-0.39, 0.29) is 16.7 Å². The predicted molar refractivity (Wildman–Crippen MR) is 116 cm³/mol. The molecule has 216 valence electrons. The van der Waals surface area contributed by atoms with Gasteiger partial charge in [-0.2, -0.15) is 0 Å². The Balaban J connectivity index is 0.00000760. The van der Waals surface area contributed by atoms with Crippen LogP contribution in [-0.4, -0.2) is 35.8 Å². The second-order valence-corrected chi connectivity index (χ2v) is 7.34. The van der Waals surface area contributed by atoms with E-state index in [9.17, 15) is 35.9 Å². The van der Waals surface area contributed by atoms with Crippen molar-refractivity contribution >= 4 is 16.8 Å². The Morgan fingerprint density at radius 3 is 2.18 bits per heavy atom. The van der Waals surface area contributed by atoms with Gasteiger partial charge >= 0.3 is 200 Å². The number of nitrogens with one attached hydrogen (secondary N) is 1. The number of hydrogen-bond donors (Lipinski definition) is 2. The minimum Gasteiger partial charge on any atom is -0.870 e. The summed E-state index contributed by atoms with van der Waals surface area (Å²) in [6.07, 6.45) is -7.35. The number of alkyl halides is 6. The molecule has 0 fully saturated rings. The molecule has 4 N–H and O–H groups in total. The second-order valence-electron chi connectivity index (χ2n) is 7.06. The van der Waals surface area contributed by atoms with Crippen LogP contribution in [0.15, 0.2) is 47.7 Å². The molecule has 2 rings (SSSR count). The quantitative estimate of drug-likeness (QED) is 0.141. The summed E-state index contributed by atoms with van der Waals surface area (Å²) in [4.78, 5) is 25.1. The Labute approximate surface area is 223 Å². The van der Waals surface area contributed by atoms with E-state index in [1.165, 1.54) is 6.92 Å². The number of methoxy groups -OCH3 is 1. The zero-order chi connectivity index (χ0) is 28.8. The Morgan fingerprint density at radius 1 is 1.05 bits per heavy atom. The van der Waals surface area contributed by atoms with Crippen molar-refractivity contribution in [3.8, 4) is 23.0 Å². The van der Waals surface area contributed by atoms with Crippen LogP contribution in [0.25, 0.3) is 0 Å². The van der Waals surface area contributed by atoms with Crippen molar-refractivity contribution in [2.75, 3.05) is 7.11 Å². The Bertz CT molecular complexity index is 1310. The molecule has 0 aromatic heterocycles. The molecule has 0 spiro atoms. The van der Waals surface area contributed by atoms with Gasteiger partial charge in [-0.15, -0.1) is 13.2 Å². The van der Waals surface area contributed by atoms with Gasteiger partial charge in [-0.05, 0) is 0 Å². The fourth-order valence-electron chi connectivity index (χ4n) is 2.75. The third-order valence-electron chi connectivity index (χ3n) is 4.39. The van der Waals surface area contributed by atoms with E-state index >= 15 is 4.39 Å². The summed E-state index contributed by atoms with van der Waals surface area (Å²) in [6.45, 7) is 1.37. The van der Waals surface area contributed by atoms with Gasteiger partial charge in [-0.25, -0.2) is 0 Å². The number of benzene rings is 2.